The molecule has 240 valence electrons. The lowest BCUT2D eigenvalue weighted by Gasteiger charge is -2.36. The van der Waals surface area contributed by atoms with Crippen LogP contribution in [0.15, 0.2) is 61.2 Å². The monoisotopic (exact) mass is 620 g/mol. The maximum Gasteiger partial charge on any atom is 0.269 e. The van der Waals surface area contributed by atoms with E-state index < -0.39 is 4.92 Å². The van der Waals surface area contributed by atoms with E-state index in [1.54, 1.807) is 18.2 Å². The molecule has 1 aliphatic heterocycles. The third-order valence-electron chi connectivity index (χ3n) is 6.79. The Bertz CT molecular complexity index is 1380. The number of non-ortho nitro benzene ring substituents is 1. The van der Waals surface area contributed by atoms with Crippen molar-refractivity contribution in [3.05, 3.63) is 76.9 Å². The van der Waals surface area contributed by atoms with Gasteiger partial charge in [0.15, 0.2) is 0 Å². The lowest BCUT2D eigenvalue weighted by Crippen LogP contribution is -2.47. The summed E-state index contributed by atoms with van der Waals surface area (Å²) in [5, 5.41) is 20.2. The minimum atomic E-state index is -0.400. The first-order chi connectivity index (χ1) is 21.9. The van der Waals surface area contributed by atoms with Gasteiger partial charge in [-0.2, -0.15) is 15.0 Å². The number of ether oxygens (including phenoxy) is 2. The molecular weight excluding hydrogens is 580 g/mol. The molecule has 0 radical (unpaired) electrons. The summed E-state index contributed by atoms with van der Waals surface area (Å²) in [5.41, 5.74) is 7.99. The quantitative estimate of drug-likeness (QED) is 0.0702. The molecule has 15 heteroatoms. The summed E-state index contributed by atoms with van der Waals surface area (Å²) in [6.07, 6.45) is 1.97. The molecule has 0 aliphatic carbocycles. The standard InChI is InChI=1S/C30H40N10O5/c1-2-12-33-28-35-29(34-24-5-3-23(4-6-24)22-27(41)32-13-19-45-21-20-44-18-11-31)37-30(36-28)39-16-14-38(15-17-39)25-7-9-26(10-8-25)40(42)43/h2-10H,1,11-22,31H2,(H,32,41)(H2,33,34,35,36,37). The number of nitrogens with two attached hydrogens (primary N) is 1. The molecule has 1 amide bonds. The number of rotatable bonds is 18. The van der Waals surface area contributed by atoms with Gasteiger partial charge in [0.1, 0.15) is 0 Å². The van der Waals surface area contributed by atoms with Gasteiger partial charge in [-0.15, -0.1) is 6.58 Å². The van der Waals surface area contributed by atoms with Crippen LogP contribution in [0.25, 0.3) is 0 Å². The number of amides is 1. The highest BCUT2D eigenvalue weighted by Gasteiger charge is 2.21. The molecule has 1 aliphatic rings. The fourth-order valence-electron chi connectivity index (χ4n) is 4.51. The number of piperazine rings is 1. The molecule has 1 saturated heterocycles. The first-order valence-corrected chi connectivity index (χ1v) is 14.8. The van der Waals surface area contributed by atoms with Gasteiger partial charge in [-0.3, -0.25) is 14.9 Å². The maximum absolute atomic E-state index is 12.3. The number of nitro benzene ring substituents is 1. The fourth-order valence-corrected chi connectivity index (χ4v) is 4.51. The normalized spacial score (nSPS) is 12.9. The van der Waals surface area contributed by atoms with Gasteiger partial charge in [0.25, 0.3) is 5.69 Å². The van der Waals surface area contributed by atoms with Crippen LogP contribution in [0, 0.1) is 10.1 Å². The van der Waals surface area contributed by atoms with Crippen LogP contribution in [0.3, 0.4) is 0 Å². The predicted molar refractivity (Wildman–Crippen MR) is 173 cm³/mol. The maximum atomic E-state index is 12.3. The third kappa shape index (κ3) is 10.7. The van der Waals surface area contributed by atoms with E-state index in [9.17, 15) is 14.9 Å². The Morgan fingerprint density at radius 3 is 2.27 bits per heavy atom. The second kappa shape index (κ2) is 17.4. The van der Waals surface area contributed by atoms with Crippen molar-refractivity contribution in [1.82, 2.24) is 20.3 Å². The molecular formula is C30H40N10O5. The average molecular weight is 621 g/mol. The minimum absolute atomic E-state index is 0.0701. The lowest BCUT2D eigenvalue weighted by atomic mass is 10.1. The molecule has 2 heterocycles. The highest BCUT2D eigenvalue weighted by atomic mass is 16.6. The SMILES string of the molecule is C=CCNc1nc(Nc2ccc(CC(=O)NCCOCCOCCN)cc2)nc(N2CCN(c3ccc([N+](=O)[O-])cc3)CC2)n1. The Morgan fingerprint density at radius 1 is 0.933 bits per heavy atom. The van der Waals surface area contributed by atoms with Crippen molar-refractivity contribution in [2.24, 2.45) is 5.73 Å². The third-order valence-corrected chi connectivity index (χ3v) is 6.79. The number of hydrogen-bond acceptors (Lipinski definition) is 13. The van der Waals surface area contributed by atoms with Crippen molar-refractivity contribution < 1.29 is 19.2 Å². The second-order valence-electron chi connectivity index (χ2n) is 10.1. The molecule has 1 fully saturated rings. The number of carbonyl (C=O) groups excluding carboxylic acids is 1. The molecule has 3 aromatic rings. The van der Waals surface area contributed by atoms with Gasteiger partial charge >= 0.3 is 0 Å². The summed E-state index contributed by atoms with van der Waals surface area (Å²) >= 11 is 0. The molecule has 0 unspecified atom stereocenters. The number of carbonyl (C=O) groups is 1. The predicted octanol–water partition coefficient (Wildman–Crippen LogP) is 2.10. The van der Waals surface area contributed by atoms with E-state index in [-0.39, 0.29) is 18.0 Å². The summed E-state index contributed by atoms with van der Waals surface area (Å²) in [6, 6.07) is 14.1. The number of nitro groups is 1. The van der Waals surface area contributed by atoms with E-state index in [0.29, 0.717) is 90.1 Å². The molecule has 15 nitrogen and oxygen atoms in total. The number of benzene rings is 2. The van der Waals surface area contributed by atoms with Crippen molar-refractivity contribution in [2.45, 2.75) is 6.42 Å². The Kier molecular flexibility index (Phi) is 12.8. The van der Waals surface area contributed by atoms with E-state index in [4.69, 9.17) is 15.2 Å². The van der Waals surface area contributed by atoms with Gasteiger partial charge in [0.05, 0.1) is 37.8 Å². The van der Waals surface area contributed by atoms with Crippen LogP contribution >= 0.6 is 0 Å². The van der Waals surface area contributed by atoms with Gasteiger partial charge in [-0.05, 0) is 29.8 Å². The molecule has 5 N–H and O–H groups in total. The van der Waals surface area contributed by atoms with Crippen LogP contribution < -0.4 is 31.5 Å². The molecule has 1 aromatic heterocycles. The molecule has 4 rings (SSSR count). The largest absolute Gasteiger partial charge is 0.378 e. The van der Waals surface area contributed by atoms with Crippen molar-refractivity contribution in [2.75, 3.05) is 92.7 Å². The Hall–Kier alpha value is -4.86. The van der Waals surface area contributed by atoms with E-state index in [2.05, 4.69) is 47.3 Å². The number of hydrogen-bond donors (Lipinski definition) is 4. The van der Waals surface area contributed by atoms with Gasteiger partial charge in [-0.1, -0.05) is 18.2 Å². The average Bonchev–Trinajstić information content (AvgIpc) is 3.06. The van der Waals surface area contributed by atoms with Crippen molar-refractivity contribution in [3.8, 4) is 0 Å². The molecule has 0 saturated carbocycles. The summed E-state index contributed by atoms with van der Waals surface area (Å²) < 4.78 is 10.7. The Morgan fingerprint density at radius 2 is 1.60 bits per heavy atom. The van der Waals surface area contributed by atoms with E-state index in [1.807, 2.05) is 24.3 Å². The molecule has 2 aromatic carbocycles. The zero-order chi connectivity index (χ0) is 31.9. The minimum Gasteiger partial charge on any atom is -0.378 e. The van der Waals surface area contributed by atoms with Crippen molar-refractivity contribution >= 4 is 40.8 Å². The van der Waals surface area contributed by atoms with Gasteiger partial charge < -0.3 is 41.0 Å². The summed E-state index contributed by atoms with van der Waals surface area (Å²) in [5.74, 6) is 1.24. The van der Waals surface area contributed by atoms with E-state index in [1.165, 1.54) is 12.1 Å². The zero-order valence-corrected chi connectivity index (χ0v) is 25.2. The highest BCUT2D eigenvalue weighted by molar-refractivity contribution is 5.78. The summed E-state index contributed by atoms with van der Waals surface area (Å²) in [4.78, 5) is 41.0. The van der Waals surface area contributed by atoms with E-state index >= 15 is 0 Å². The van der Waals surface area contributed by atoms with Crippen LogP contribution in [-0.2, 0) is 20.7 Å². The van der Waals surface area contributed by atoms with Crippen LogP contribution in [-0.4, -0.2) is 98.0 Å². The second-order valence-corrected chi connectivity index (χ2v) is 10.1. The van der Waals surface area contributed by atoms with Crippen molar-refractivity contribution in [1.29, 1.82) is 0 Å². The fraction of sp³-hybridized carbons (Fsp3) is 0.400. The van der Waals surface area contributed by atoms with Gasteiger partial charge in [-0.25, -0.2) is 0 Å². The first kappa shape index (κ1) is 33.0. The van der Waals surface area contributed by atoms with Crippen LogP contribution in [0.5, 0.6) is 0 Å². The van der Waals surface area contributed by atoms with Crippen LogP contribution in [0.1, 0.15) is 5.56 Å². The van der Waals surface area contributed by atoms with E-state index in [0.717, 1.165) is 16.9 Å². The number of nitrogens with zero attached hydrogens (tertiary/aromatic N) is 6. The molecule has 0 atom stereocenters. The lowest BCUT2D eigenvalue weighted by molar-refractivity contribution is -0.384. The number of nitrogens with one attached hydrogen (secondary N) is 3. The molecule has 0 spiro atoms. The van der Waals surface area contributed by atoms with Crippen LogP contribution in [0.4, 0.5) is 34.9 Å². The summed E-state index contributed by atoms with van der Waals surface area (Å²) in [7, 11) is 0. The number of aromatic nitrogens is 3. The first-order valence-electron chi connectivity index (χ1n) is 14.8. The molecule has 0 bridgehead atoms. The van der Waals surface area contributed by atoms with Gasteiger partial charge in [0, 0.05) is 69.3 Å². The van der Waals surface area contributed by atoms with Gasteiger partial charge in [0.2, 0.25) is 23.8 Å². The summed E-state index contributed by atoms with van der Waals surface area (Å²) in [6.45, 7) is 9.72. The highest BCUT2D eigenvalue weighted by Crippen LogP contribution is 2.23. The Labute approximate surface area is 262 Å². The molecule has 45 heavy (non-hydrogen) atoms. The smallest absolute Gasteiger partial charge is 0.269 e. The Balaban J connectivity index is 1.30. The number of anilines is 5. The zero-order valence-electron chi connectivity index (χ0n) is 25.2. The van der Waals surface area contributed by atoms with Crippen LogP contribution in [0.2, 0.25) is 0 Å². The van der Waals surface area contributed by atoms with Crippen molar-refractivity contribution in [3.63, 3.8) is 0 Å². The topological polar surface area (TPSA) is 186 Å².